The van der Waals surface area contributed by atoms with Gasteiger partial charge in [0.25, 0.3) is 5.91 Å². The average Bonchev–Trinajstić information content (AvgIpc) is 3.64. The average molecular weight is 580 g/mol. The number of piperazine rings is 1. The molecule has 39 heavy (non-hydrogen) atoms. The van der Waals surface area contributed by atoms with Crippen LogP contribution in [0.4, 0.5) is 5.13 Å². The van der Waals surface area contributed by atoms with Crippen LogP contribution in [0, 0.1) is 0 Å². The van der Waals surface area contributed by atoms with Gasteiger partial charge in [0.15, 0.2) is 5.13 Å². The number of aromatic nitrogens is 2. The van der Waals surface area contributed by atoms with E-state index in [9.17, 15) is 4.79 Å². The number of ether oxygens (including phenoxy) is 1. The number of nitrogens with zero attached hydrogens (tertiary/aromatic N) is 4. The van der Waals surface area contributed by atoms with Gasteiger partial charge in [-0.1, -0.05) is 41.7 Å². The first-order valence-corrected chi connectivity index (χ1v) is 14.6. The summed E-state index contributed by atoms with van der Waals surface area (Å²) in [6, 6.07) is 19.9. The van der Waals surface area contributed by atoms with Gasteiger partial charge in [-0.3, -0.25) is 9.69 Å². The minimum absolute atomic E-state index is 0. The van der Waals surface area contributed by atoms with Crippen LogP contribution >= 0.6 is 35.1 Å². The highest BCUT2D eigenvalue weighted by molar-refractivity contribution is 7.22. The van der Waals surface area contributed by atoms with Crippen molar-refractivity contribution in [1.82, 2.24) is 20.2 Å². The number of hydrogen-bond donors (Lipinski definition) is 1. The third kappa shape index (κ3) is 5.86. The second kappa shape index (κ2) is 12.3. The molecule has 3 aromatic heterocycles. The highest BCUT2D eigenvalue weighted by Crippen LogP contribution is 2.34. The standard InChI is InChI=1S/C29H29N5O2S2.ClH/c1-2-36-24-9-5-10-26-27(24)32-29(38-26)34-16-14-33(15-17-34)13-12-30-28(35)21-19-23(25-11-6-18-37-25)31-22-8-4-3-7-20(21)22;/h3-11,18-19H,2,12-17H2,1H3,(H,30,35);1H. The lowest BCUT2D eigenvalue weighted by molar-refractivity contribution is 0.0949. The van der Waals surface area contributed by atoms with Gasteiger partial charge in [-0.2, -0.15) is 0 Å². The maximum atomic E-state index is 13.2. The van der Waals surface area contributed by atoms with E-state index in [-0.39, 0.29) is 18.3 Å². The number of para-hydroxylation sites is 2. The third-order valence-corrected chi connectivity index (χ3v) is 8.74. The summed E-state index contributed by atoms with van der Waals surface area (Å²) in [5.74, 6) is 0.797. The van der Waals surface area contributed by atoms with Gasteiger partial charge in [0, 0.05) is 44.7 Å². The van der Waals surface area contributed by atoms with E-state index in [1.165, 1.54) is 0 Å². The predicted molar refractivity (Wildman–Crippen MR) is 164 cm³/mol. The molecule has 2 aromatic carbocycles. The van der Waals surface area contributed by atoms with Gasteiger partial charge in [0.05, 0.1) is 33.0 Å². The van der Waals surface area contributed by atoms with Crippen molar-refractivity contribution >= 4 is 67.2 Å². The number of amides is 1. The van der Waals surface area contributed by atoms with Gasteiger partial charge in [0.2, 0.25) is 0 Å². The Balaban J connectivity index is 0.00000308. The van der Waals surface area contributed by atoms with Crippen molar-refractivity contribution in [3.05, 3.63) is 71.6 Å². The van der Waals surface area contributed by atoms with Crippen molar-refractivity contribution in [3.63, 3.8) is 0 Å². The van der Waals surface area contributed by atoms with Crippen molar-refractivity contribution < 1.29 is 9.53 Å². The van der Waals surface area contributed by atoms with Gasteiger partial charge in [-0.25, -0.2) is 9.97 Å². The summed E-state index contributed by atoms with van der Waals surface area (Å²) in [4.78, 5) is 28.7. The number of thiophene rings is 1. The van der Waals surface area contributed by atoms with E-state index in [0.717, 1.165) is 75.3 Å². The molecular formula is C29H30ClN5O2S2. The summed E-state index contributed by atoms with van der Waals surface area (Å²) >= 11 is 3.35. The van der Waals surface area contributed by atoms with Gasteiger partial charge >= 0.3 is 0 Å². The number of carbonyl (C=O) groups is 1. The van der Waals surface area contributed by atoms with Crippen LogP contribution in [-0.4, -0.2) is 66.7 Å². The van der Waals surface area contributed by atoms with Crippen LogP contribution in [0.3, 0.4) is 0 Å². The van der Waals surface area contributed by atoms with Crippen LogP contribution in [0.1, 0.15) is 17.3 Å². The Hall–Kier alpha value is -3.24. The van der Waals surface area contributed by atoms with E-state index >= 15 is 0 Å². The van der Waals surface area contributed by atoms with Crippen molar-refractivity contribution in [2.75, 3.05) is 50.8 Å². The first-order chi connectivity index (χ1) is 18.7. The fourth-order valence-corrected chi connectivity index (χ4v) is 6.54. The number of halogens is 1. The maximum Gasteiger partial charge on any atom is 0.252 e. The van der Waals surface area contributed by atoms with Crippen LogP contribution < -0.4 is 15.0 Å². The number of hydrogen-bond acceptors (Lipinski definition) is 8. The lowest BCUT2D eigenvalue weighted by Crippen LogP contribution is -2.48. The molecule has 5 aromatic rings. The zero-order valence-electron chi connectivity index (χ0n) is 21.6. The summed E-state index contributed by atoms with van der Waals surface area (Å²) in [7, 11) is 0. The number of rotatable bonds is 8. The highest BCUT2D eigenvalue weighted by atomic mass is 35.5. The molecule has 1 amide bonds. The third-order valence-electron chi connectivity index (χ3n) is 6.76. The first kappa shape index (κ1) is 27.3. The normalized spacial score (nSPS) is 13.9. The smallest absolute Gasteiger partial charge is 0.252 e. The minimum Gasteiger partial charge on any atom is -0.492 e. The molecule has 1 fully saturated rings. The van der Waals surface area contributed by atoms with Crippen LogP contribution in [0.15, 0.2) is 66.0 Å². The molecule has 0 aliphatic carbocycles. The summed E-state index contributed by atoms with van der Waals surface area (Å²) in [5, 5.41) is 7.10. The number of anilines is 1. The quantitative estimate of drug-likeness (QED) is 0.245. The lowest BCUT2D eigenvalue weighted by atomic mass is 10.1. The van der Waals surface area contributed by atoms with E-state index in [2.05, 4.69) is 21.2 Å². The molecule has 0 radical (unpaired) electrons. The Kier molecular flexibility index (Phi) is 8.62. The molecule has 4 heterocycles. The Morgan fingerprint density at radius 2 is 1.87 bits per heavy atom. The molecule has 1 N–H and O–H groups in total. The summed E-state index contributed by atoms with van der Waals surface area (Å²) in [6.45, 7) is 7.74. The molecule has 10 heteroatoms. The lowest BCUT2D eigenvalue weighted by Gasteiger charge is -2.34. The van der Waals surface area contributed by atoms with Crippen LogP contribution in [0.2, 0.25) is 0 Å². The molecule has 1 aliphatic heterocycles. The maximum absolute atomic E-state index is 13.2. The van der Waals surface area contributed by atoms with Gasteiger partial charge in [-0.05, 0) is 42.6 Å². The van der Waals surface area contributed by atoms with Crippen molar-refractivity contribution in [2.45, 2.75) is 6.92 Å². The van der Waals surface area contributed by atoms with E-state index < -0.39 is 0 Å². The van der Waals surface area contributed by atoms with E-state index in [1.54, 1.807) is 22.7 Å². The molecule has 0 spiro atoms. The SMILES string of the molecule is CCOc1cccc2sc(N3CCN(CCNC(=O)c4cc(-c5cccs5)nc5ccccc45)CC3)nc12.Cl. The number of benzene rings is 2. The molecule has 7 nitrogen and oxygen atoms in total. The Bertz CT molecular complexity index is 1570. The fourth-order valence-electron chi connectivity index (χ4n) is 4.82. The van der Waals surface area contributed by atoms with Crippen molar-refractivity contribution in [1.29, 1.82) is 0 Å². The predicted octanol–water partition coefficient (Wildman–Crippen LogP) is 5.95. The van der Waals surface area contributed by atoms with Crippen LogP contribution in [-0.2, 0) is 0 Å². The second-order valence-corrected chi connectivity index (χ2v) is 11.1. The largest absolute Gasteiger partial charge is 0.492 e. The van der Waals surface area contributed by atoms with Crippen LogP contribution in [0.25, 0.3) is 31.7 Å². The van der Waals surface area contributed by atoms with Gasteiger partial charge in [-0.15, -0.1) is 23.7 Å². The van der Waals surface area contributed by atoms with Gasteiger partial charge in [0.1, 0.15) is 11.3 Å². The summed E-state index contributed by atoms with van der Waals surface area (Å²) in [6.07, 6.45) is 0. The van der Waals surface area contributed by atoms with E-state index in [0.29, 0.717) is 18.7 Å². The highest BCUT2D eigenvalue weighted by Gasteiger charge is 2.21. The summed E-state index contributed by atoms with van der Waals surface area (Å²) in [5.41, 5.74) is 3.29. The molecule has 202 valence electrons. The molecule has 1 saturated heterocycles. The Labute approximate surface area is 241 Å². The van der Waals surface area contributed by atoms with Gasteiger partial charge < -0.3 is 15.0 Å². The molecule has 0 saturated carbocycles. The molecule has 6 rings (SSSR count). The number of carbonyl (C=O) groups excluding carboxylic acids is 1. The summed E-state index contributed by atoms with van der Waals surface area (Å²) < 4.78 is 6.92. The van der Waals surface area contributed by atoms with Crippen LogP contribution in [0.5, 0.6) is 5.75 Å². The number of pyridine rings is 1. The number of nitrogens with one attached hydrogen (secondary N) is 1. The van der Waals surface area contributed by atoms with Crippen molar-refractivity contribution in [2.24, 2.45) is 0 Å². The first-order valence-electron chi connectivity index (χ1n) is 12.9. The van der Waals surface area contributed by atoms with Crippen molar-refractivity contribution in [3.8, 4) is 16.3 Å². The molecule has 0 unspecified atom stereocenters. The second-order valence-electron chi connectivity index (χ2n) is 9.17. The molecule has 1 aliphatic rings. The van der Waals surface area contributed by atoms with E-state index in [4.69, 9.17) is 14.7 Å². The molecular weight excluding hydrogens is 550 g/mol. The zero-order valence-corrected chi connectivity index (χ0v) is 24.1. The number of thiazole rings is 1. The Morgan fingerprint density at radius 3 is 2.67 bits per heavy atom. The fraction of sp³-hybridized carbons (Fsp3) is 0.276. The number of fused-ring (bicyclic) bond motifs is 2. The molecule has 0 bridgehead atoms. The monoisotopic (exact) mass is 579 g/mol. The van der Waals surface area contributed by atoms with E-state index in [1.807, 2.05) is 66.9 Å². The Morgan fingerprint density at radius 1 is 1.03 bits per heavy atom. The minimum atomic E-state index is -0.0559. The zero-order chi connectivity index (χ0) is 25.9. The topological polar surface area (TPSA) is 70.6 Å². The molecule has 0 atom stereocenters.